The molecule has 0 unspecified atom stereocenters. The summed E-state index contributed by atoms with van der Waals surface area (Å²) in [6.07, 6.45) is 1.30. The fraction of sp³-hybridized carbons (Fsp3) is 0.200. The van der Waals surface area contributed by atoms with Crippen LogP contribution >= 0.6 is 0 Å². The maximum atomic E-state index is 10.5. The second-order valence-electron chi connectivity index (χ2n) is 2.57. The van der Waals surface area contributed by atoms with Crippen LogP contribution in [0.5, 0.6) is 5.75 Å². The Morgan fingerprint density at radius 2 is 2.21 bits per heavy atom. The zero-order chi connectivity index (χ0) is 10.4. The van der Waals surface area contributed by atoms with Crippen LogP contribution in [0.2, 0.25) is 0 Å². The van der Waals surface area contributed by atoms with Gasteiger partial charge in [0.2, 0.25) is 6.41 Å². The molecule has 14 heavy (non-hydrogen) atoms. The van der Waals surface area contributed by atoms with Gasteiger partial charge in [-0.25, -0.2) is 0 Å². The molecule has 0 aromatic heterocycles. The molecular weight excluding hydrogens is 182 g/mol. The highest BCUT2D eigenvalue weighted by atomic mass is 16.5. The number of amides is 1. The van der Waals surface area contributed by atoms with E-state index in [-0.39, 0.29) is 0 Å². The zero-order valence-corrected chi connectivity index (χ0v) is 7.82. The van der Waals surface area contributed by atoms with Gasteiger partial charge in [0.1, 0.15) is 12.0 Å². The maximum absolute atomic E-state index is 10.5. The molecule has 0 radical (unpaired) electrons. The normalized spacial score (nSPS) is 9.21. The Morgan fingerprint density at radius 3 is 2.79 bits per heavy atom. The van der Waals surface area contributed by atoms with E-state index in [2.05, 4.69) is 5.32 Å². The number of ether oxygens (including phenoxy) is 1. The number of carbonyl (C=O) groups excluding carboxylic acids is 2. The van der Waals surface area contributed by atoms with Crippen LogP contribution < -0.4 is 10.1 Å². The predicted octanol–water partition coefficient (Wildman–Crippen LogP) is 1.47. The number of anilines is 1. The predicted molar refractivity (Wildman–Crippen MR) is 52.7 cm³/mol. The average molecular weight is 193 g/mol. The summed E-state index contributed by atoms with van der Waals surface area (Å²) in [5.41, 5.74) is 1.08. The number of hydrogen-bond acceptors (Lipinski definition) is 3. The Kier molecular flexibility index (Phi) is 3.67. The van der Waals surface area contributed by atoms with Crippen LogP contribution in [0.4, 0.5) is 5.69 Å². The minimum Gasteiger partial charge on any atom is -0.492 e. The fourth-order valence-corrected chi connectivity index (χ4v) is 1.07. The molecule has 1 rings (SSSR count). The third kappa shape index (κ3) is 2.32. The summed E-state index contributed by atoms with van der Waals surface area (Å²) < 4.78 is 5.25. The summed E-state index contributed by atoms with van der Waals surface area (Å²) in [4.78, 5) is 20.7. The van der Waals surface area contributed by atoms with E-state index in [1.807, 2.05) is 6.92 Å². The fourth-order valence-electron chi connectivity index (χ4n) is 1.07. The van der Waals surface area contributed by atoms with Gasteiger partial charge in [0.15, 0.2) is 0 Å². The van der Waals surface area contributed by atoms with Gasteiger partial charge in [-0.3, -0.25) is 9.59 Å². The zero-order valence-electron chi connectivity index (χ0n) is 7.82. The lowest BCUT2D eigenvalue weighted by molar-refractivity contribution is -0.105. The van der Waals surface area contributed by atoms with Crippen molar-refractivity contribution >= 4 is 18.4 Å². The molecular formula is C10H11NO3. The van der Waals surface area contributed by atoms with E-state index in [0.717, 1.165) is 6.29 Å². The summed E-state index contributed by atoms with van der Waals surface area (Å²) in [7, 11) is 0. The monoisotopic (exact) mass is 193 g/mol. The van der Waals surface area contributed by atoms with Crippen LogP contribution in [0, 0.1) is 0 Å². The van der Waals surface area contributed by atoms with Crippen molar-refractivity contribution in [1.82, 2.24) is 0 Å². The largest absolute Gasteiger partial charge is 0.492 e. The first-order valence-electron chi connectivity index (χ1n) is 4.24. The maximum Gasteiger partial charge on any atom is 0.211 e. The molecule has 0 aliphatic carbocycles. The molecule has 1 aromatic rings. The van der Waals surface area contributed by atoms with E-state index in [9.17, 15) is 9.59 Å². The molecule has 0 aliphatic rings. The second-order valence-corrected chi connectivity index (χ2v) is 2.57. The van der Waals surface area contributed by atoms with Gasteiger partial charge in [0, 0.05) is 5.56 Å². The third-order valence-corrected chi connectivity index (χ3v) is 1.66. The van der Waals surface area contributed by atoms with Crippen molar-refractivity contribution in [2.75, 3.05) is 11.9 Å². The minimum atomic E-state index is 0.482. The summed E-state index contributed by atoms with van der Waals surface area (Å²) in [5.74, 6) is 0.504. The first kappa shape index (κ1) is 10.2. The first-order valence-corrected chi connectivity index (χ1v) is 4.24. The lowest BCUT2D eigenvalue weighted by Crippen LogP contribution is -2.00. The highest BCUT2D eigenvalue weighted by molar-refractivity contribution is 5.81. The summed E-state index contributed by atoms with van der Waals surface area (Å²) in [6, 6.07) is 4.83. The van der Waals surface area contributed by atoms with Crippen molar-refractivity contribution < 1.29 is 14.3 Å². The SMILES string of the molecule is CCOc1cc(C=O)ccc1NC=O. The van der Waals surface area contributed by atoms with Gasteiger partial charge in [-0.05, 0) is 25.1 Å². The van der Waals surface area contributed by atoms with E-state index in [4.69, 9.17) is 4.74 Å². The van der Waals surface area contributed by atoms with Gasteiger partial charge in [-0.1, -0.05) is 0 Å². The summed E-state index contributed by atoms with van der Waals surface area (Å²) in [5, 5.41) is 2.49. The smallest absolute Gasteiger partial charge is 0.211 e. The molecule has 1 aromatic carbocycles. The quantitative estimate of drug-likeness (QED) is 0.720. The van der Waals surface area contributed by atoms with Gasteiger partial charge >= 0.3 is 0 Å². The molecule has 1 N–H and O–H groups in total. The molecule has 1 amide bonds. The summed E-state index contributed by atoms with van der Waals surface area (Å²) in [6.45, 7) is 2.31. The number of carbonyl (C=O) groups is 2. The molecule has 0 fully saturated rings. The molecule has 0 aliphatic heterocycles. The second kappa shape index (κ2) is 5.01. The van der Waals surface area contributed by atoms with Crippen LogP contribution in [0.15, 0.2) is 18.2 Å². The van der Waals surface area contributed by atoms with Crippen molar-refractivity contribution in [3.63, 3.8) is 0 Å². The van der Waals surface area contributed by atoms with Gasteiger partial charge in [0.25, 0.3) is 0 Å². The van der Waals surface area contributed by atoms with E-state index in [0.29, 0.717) is 30.0 Å². The van der Waals surface area contributed by atoms with Crippen LogP contribution in [-0.4, -0.2) is 19.3 Å². The lowest BCUT2D eigenvalue weighted by atomic mass is 10.2. The molecule has 0 saturated heterocycles. The Hall–Kier alpha value is -1.84. The van der Waals surface area contributed by atoms with Crippen molar-refractivity contribution in [3.05, 3.63) is 23.8 Å². The number of benzene rings is 1. The van der Waals surface area contributed by atoms with Crippen molar-refractivity contribution in [3.8, 4) is 5.75 Å². The van der Waals surface area contributed by atoms with Gasteiger partial charge in [-0.15, -0.1) is 0 Å². The highest BCUT2D eigenvalue weighted by Crippen LogP contribution is 2.24. The average Bonchev–Trinajstić information content (AvgIpc) is 2.21. The standard InChI is InChI=1S/C10H11NO3/c1-2-14-10-5-8(6-12)3-4-9(10)11-7-13/h3-7H,2H2,1H3,(H,11,13). The van der Waals surface area contributed by atoms with Crippen molar-refractivity contribution in [2.24, 2.45) is 0 Å². The Bertz CT molecular complexity index is 336. The molecule has 0 atom stereocenters. The van der Waals surface area contributed by atoms with E-state index in [1.54, 1.807) is 18.2 Å². The van der Waals surface area contributed by atoms with E-state index in [1.165, 1.54) is 0 Å². The molecule has 4 nitrogen and oxygen atoms in total. The topological polar surface area (TPSA) is 55.4 Å². The Morgan fingerprint density at radius 1 is 1.43 bits per heavy atom. The van der Waals surface area contributed by atoms with Gasteiger partial charge in [-0.2, -0.15) is 0 Å². The third-order valence-electron chi connectivity index (χ3n) is 1.66. The first-order chi connectivity index (χ1) is 6.81. The van der Waals surface area contributed by atoms with Crippen LogP contribution in [0.1, 0.15) is 17.3 Å². The van der Waals surface area contributed by atoms with E-state index >= 15 is 0 Å². The molecule has 0 saturated carbocycles. The number of hydrogen-bond donors (Lipinski definition) is 1. The Balaban J connectivity index is 3.02. The van der Waals surface area contributed by atoms with Crippen LogP contribution in [0.3, 0.4) is 0 Å². The molecule has 74 valence electrons. The van der Waals surface area contributed by atoms with E-state index < -0.39 is 0 Å². The van der Waals surface area contributed by atoms with Crippen molar-refractivity contribution in [2.45, 2.75) is 6.92 Å². The number of rotatable bonds is 5. The van der Waals surface area contributed by atoms with Crippen LogP contribution in [-0.2, 0) is 4.79 Å². The molecule has 0 bridgehead atoms. The Labute approximate surface area is 81.9 Å². The molecule has 4 heteroatoms. The minimum absolute atomic E-state index is 0.482. The van der Waals surface area contributed by atoms with Crippen LogP contribution in [0.25, 0.3) is 0 Å². The molecule has 0 spiro atoms. The number of aldehydes is 1. The summed E-state index contributed by atoms with van der Waals surface area (Å²) >= 11 is 0. The number of nitrogens with one attached hydrogen (secondary N) is 1. The lowest BCUT2D eigenvalue weighted by Gasteiger charge is -2.08. The van der Waals surface area contributed by atoms with Crippen molar-refractivity contribution in [1.29, 1.82) is 0 Å². The van der Waals surface area contributed by atoms with Gasteiger partial charge in [0.05, 0.1) is 12.3 Å². The van der Waals surface area contributed by atoms with Gasteiger partial charge < -0.3 is 10.1 Å². The highest BCUT2D eigenvalue weighted by Gasteiger charge is 2.03. The molecule has 0 heterocycles.